The maximum absolute atomic E-state index is 12.0. The highest BCUT2D eigenvalue weighted by Gasteiger charge is 2.16. The van der Waals surface area contributed by atoms with Crippen molar-refractivity contribution in [3.8, 4) is 0 Å². The van der Waals surface area contributed by atoms with Gasteiger partial charge in [0.15, 0.2) is 0 Å². The van der Waals surface area contributed by atoms with Gasteiger partial charge in [0.25, 0.3) is 0 Å². The highest BCUT2D eigenvalue weighted by molar-refractivity contribution is 6.11. The summed E-state index contributed by atoms with van der Waals surface area (Å²) in [5.41, 5.74) is 3.05. The number of methoxy groups -OCH3 is 1. The van der Waals surface area contributed by atoms with Gasteiger partial charge in [0.1, 0.15) is 0 Å². The first-order chi connectivity index (χ1) is 13.3. The van der Waals surface area contributed by atoms with Gasteiger partial charge in [-0.1, -0.05) is 54.6 Å². The fourth-order valence-electron chi connectivity index (χ4n) is 4.02. The highest BCUT2D eigenvalue weighted by Crippen LogP contribution is 2.29. The number of carbonyl (C=O) groups excluding carboxylic acids is 1. The van der Waals surface area contributed by atoms with E-state index in [9.17, 15) is 4.79 Å². The fraction of sp³-hybridized carbons (Fsp3) is 0.0833. The summed E-state index contributed by atoms with van der Waals surface area (Å²) in [7, 11) is 1.43. The lowest BCUT2D eigenvalue weighted by atomic mass is 9.89. The van der Waals surface area contributed by atoms with Gasteiger partial charge >= 0.3 is 5.97 Å². The maximum atomic E-state index is 12.0. The molecule has 0 fully saturated rings. The van der Waals surface area contributed by atoms with E-state index in [0.717, 1.165) is 10.4 Å². The average Bonchev–Trinajstić information content (AvgIpc) is 2.97. The summed E-state index contributed by atoms with van der Waals surface area (Å²) in [4.78, 5) is 16.3. The number of nitrogens with zero attached hydrogens (tertiary/aromatic N) is 1. The summed E-state index contributed by atoms with van der Waals surface area (Å²) in [5, 5.41) is 7.08. The molecule has 0 N–H and O–H groups in total. The van der Waals surface area contributed by atoms with Gasteiger partial charge in [-0.3, -0.25) is 4.99 Å². The molecule has 0 aromatic heterocycles. The Labute approximate surface area is 156 Å². The number of hydrogen-bond donors (Lipinski definition) is 0. The maximum Gasteiger partial charge on any atom is 0.334 e. The quantitative estimate of drug-likeness (QED) is 0.499. The molecule has 1 aliphatic carbocycles. The number of fused-ring (bicyclic) bond motifs is 7. The Morgan fingerprint density at radius 1 is 0.926 bits per heavy atom. The monoisotopic (exact) mass is 351 g/mol. The molecule has 3 aromatic rings. The van der Waals surface area contributed by atoms with E-state index in [1.165, 1.54) is 39.8 Å². The van der Waals surface area contributed by atoms with Crippen LogP contribution in [0.5, 0.6) is 0 Å². The molecule has 3 nitrogen and oxygen atoms in total. The van der Waals surface area contributed by atoms with Crippen LogP contribution in [0.4, 0.5) is 0 Å². The zero-order chi connectivity index (χ0) is 18.4. The molecule has 130 valence electrons. The fourth-order valence-corrected chi connectivity index (χ4v) is 4.02. The van der Waals surface area contributed by atoms with E-state index < -0.39 is 0 Å². The molecule has 1 heterocycles. The van der Waals surface area contributed by atoms with Crippen LogP contribution in [0.1, 0.15) is 11.1 Å². The number of hydrogen-bond acceptors (Lipinski definition) is 3. The third-order valence-corrected chi connectivity index (χ3v) is 5.35. The predicted octanol–water partition coefficient (Wildman–Crippen LogP) is 3.26. The van der Waals surface area contributed by atoms with Crippen LogP contribution in [0.15, 0.2) is 59.1 Å². The minimum atomic E-state index is -0.263. The number of ether oxygens (including phenoxy) is 1. The highest BCUT2D eigenvalue weighted by atomic mass is 16.5. The molecule has 0 amide bonds. The van der Waals surface area contributed by atoms with Crippen LogP contribution in [0.3, 0.4) is 0 Å². The van der Waals surface area contributed by atoms with Crippen molar-refractivity contribution in [1.29, 1.82) is 0 Å². The summed E-state index contributed by atoms with van der Waals surface area (Å²) in [5.74, 6) is -0.263. The first-order valence-electron chi connectivity index (χ1n) is 8.93. The Morgan fingerprint density at radius 3 is 2.52 bits per heavy atom. The summed E-state index contributed by atoms with van der Waals surface area (Å²) in [6.45, 7) is 0. The van der Waals surface area contributed by atoms with Gasteiger partial charge < -0.3 is 4.74 Å². The smallest absolute Gasteiger partial charge is 0.334 e. The normalized spacial score (nSPS) is 14.6. The van der Waals surface area contributed by atoms with Crippen molar-refractivity contribution in [3.63, 3.8) is 0 Å². The lowest BCUT2D eigenvalue weighted by Crippen LogP contribution is -2.18. The van der Waals surface area contributed by atoms with Crippen LogP contribution in [0.2, 0.25) is 0 Å². The molecule has 0 saturated heterocycles. The van der Waals surface area contributed by atoms with Crippen molar-refractivity contribution in [2.24, 2.45) is 4.99 Å². The summed E-state index contributed by atoms with van der Waals surface area (Å²) in [6, 6.07) is 12.9. The summed E-state index contributed by atoms with van der Waals surface area (Å²) in [6.07, 6.45) is 12.2. The number of esters is 1. The number of rotatable bonds is 1. The molecule has 0 bridgehead atoms. The Bertz CT molecular complexity index is 1340. The van der Waals surface area contributed by atoms with Gasteiger partial charge in [-0.2, -0.15) is 0 Å². The van der Waals surface area contributed by atoms with Gasteiger partial charge in [-0.25, -0.2) is 4.79 Å². The van der Waals surface area contributed by atoms with Crippen molar-refractivity contribution < 1.29 is 9.53 Å². The molecule has 3 heteroatoms. The van der Waals surface area contributed by atoms with Crippen molar-refractivity contribution in [2.75, 3.05) is 7.11 Å². The van der Waals surface area contributed by atoms with Gasteiger partial charge in [0, 0.05) is 29.6 Å². The molecule has 0 saturated carbocycles. The van der Waals surface area contributed by atoms with E-state index in [4.69, 9.17) is 4.74 Å². The molecule has 0 unspecified atom stereocenters. The number of benzene rings is 3. The molecule has 0 atom stereocenters. The molecule has 0 radical (unpaired) electrons. The standard InChI is InChI=1S/C24H17NO2/c1-27-24(26)16-5-4-15-6-8-21-20-9-7-17-14-25-12-2-3-18(17)19(20)10-11-22(21)23(15)13-16/h2-12,14H,13H2,1H3. The second-order valence-corrected chi connectivity index (χ2v) is 6.77. The van der Waals surface area contributed by atoms with Crippen LogP contribution in [-0.4, -0.2) is 19.3 Å². The van der Waals surface area contributed by atoms with Crippen molar-refractivity contribution in [1.82, 2.24) is 0 Å². The lowest BCUT2D eigenvalue weighted by molar-refractivity contribution is -0.136. The second-order valence-electron chi connectivity index (χ2n) is 6.77. The first kappa shape index (κ1) is 15.8. The molecular weight excluding hydrogens is 334 g/mol. The zero-order valence-corrected chi connectivity index (χ0v) is 14.9. The summed E-state index contributed by atoms with van der Waals surface area (Å²) < 4.78 is 4.91. The molecule has 2 aliphatic rings. The largest absolute Gasteiger partial charge is 0.466 e. The number of aliphatic imine (C=N–C) groups is 1. The average molecular weight is 351 g/mol. The Morgan fingerprint density at radius 2 is 1.67 bits per heavy atom. The van der Waals surface area contributed by atoms with Crippen LogP contribution in [0.25, 0.3) is 39.9 Å². The topological polar surface area (TPSA) is 38.7 Å². The van der Waals surface area contributed by atoms with Gasteiger partial charge in [-0.15, -0.1) is 0 Å². The molecule has 1 aliphatic heterocycles. The van der Waals surface area contributed by atoms with Crippen LogP contribution in [-0.2, 0) is 16.0 Å². The van der Waals surface area contributed by atoms with Gasteiger partial charge in [0.2, 0.25) is 0 Å². The van der Waals surface area contributed by atoms with Gasteiger partial charge in [0.05, 0.1) is 7.11 Å². The van der Waals surface area contributed by atoms with Crippen molar-refractivity contribution in [2.45, 2.75) is 6.42 Å². The Hall–Kier alpha value is -3.46. The van der Waals surface area contributed by atoms with Crippen LogP contribution >= 0.6 is 0 Å². The van der Waals surface area contributed by atoms with Crippen molar-refractivity contribution in [3.05, 3.63) is 75.7 Å². The van der Waals surface area contributed by atoms with E-state index in [-0.39, 0.29) is 5.97 Å². The molecule has 27 heavy (non-hydrogen) atoms. The van der Waals surface area contributed by atoms with E-state index >= 15 is 0 Å². The van der Waals surface area contributed by atoms with Crippen LogP contribution in [0, 0.1) is 0 Å². The third-order valence-electron chi connectivity index (χ3n) is 5.35. The Balaban J connectivity index is 1.79. The molecular formula is C24H17NO2. The lowest BCUT2D eigenvalue weighted by Gasteiger charge is -2.15. The minimum Gasteiger partial charge on any atom is -0.466 e. The SMILES string of the molecule is COC(=O)C1=CC=c2ccc3c(ccc4c5c(ccc43)=CN=CC=C5)c2C1. The van der Waals surface area contributed by atoms with E-state index in [1.54, 1.807) is 6.21 Å². The number of carbonyl (C=O) groups is 1. The van der Waals surface area contributed by atoms with E-state index in [0.29, 0.717) is 12.0 Å². The van der Waals surface area contributed by atoms with Gasteiger partial charge in [-0.05, 0) is 44.0 Å². The minimum absolute atomic E-state index is 0.263. The molecule has 3 aromatic carbocycles. The molecule has 0 spiro atoms. The van der Waals surface area contributed by atoms with E-state index in [2.05, 4.69) is 47.5 Å². The predicted molar refractivity (Wildman–Crippen MR) is 111 cm³/mol. The van der Waals surface area contributed by atoms with Crippen LogP contribution < -0.4 is 10.4 Å². The second kappa shape index (κ2) is 6.06. The summed E-state index contributed by atoms with van der Waals surface area (Å²) >= 11 is 0. The molecule has 5 rings (SSSR count). The first-order valence-corrected chi connectivity index (χ1v) is 8.93. The Kier molecular flexibility index (Phi) is 3.54. The zero-order valence-electron chi connectivity index (χ0n) is 14.9. The van der Waals surface area contributed by atoms with E-state index in [1.807, 2.05) is 24.4 Å². The van der Waals surface area contributed by atoms with Crippen molar-refractivity contribution >= 4 is 52.1 Å². The number of allylic oxidation sites excluding steroid dienone is 2. The third kappa shape index (κ3) is 2.43.